The standard InChI is InChI=1S/C20H20N4O5S/c1-12-3-5-13(6-4-12)11-21-20-23-19(26)17(30-20)10-18(25)22-15-8-7-14(29-2)9-16(15)24(27)28/h3-9,17H,10-11H2,1-2H3,(H,22,25)(H,21,23,26). The van der Waals surface area contributed by atoms with Gasteiger partial charge in [-0.1, -0.05) is 41.6 Å². The van der Waals surface area contributed by atoms with Gasteiger partial charge in [0.1, 0.15) is 16.7 Å². The van der Waals surface area contributed by atoms with Gasteiger partial charge in [0.2, 0.25) is 11.8 Å². The molecule has 30 heavy (non-hydrogen) atoms. The molecule has 1 heterocycles. The number of amidine groups is 1. The van der Waals surface area contributed by atoms with Crippen molar-refractivity contribution < 1.29 is 19.2 Å². The number of methoxy groups -OCH3 is 1. The molecule has 2 aromatic rings. The van der Waals surface area contributed by atoms with Crippen LogP contribution in [0.2, 0.25) is 0 Å². The maximum atomic E-state index is 12.4. The molecule has 9 nitrogen and oxygen atoms in total. The molecule has 1 aliphatic rings. The van der Waals surface area contributed by atoms with Crippen molar-refractivity contribution in [1.29, 1.82) is 0 Å². The first kappa shape index (κ1) is 21.3. The molecule has 0 spiro atoms. The van der Waals surface area contributed by atoms with Crippen molar-refractivity contribution in [2.75, 3.05) is 12.4 Å². The Labute approximate surface area is 177 Å². The van der Waals surface area contributed by atoms with Crippen molar-refractivity contribution in [2.45, 2.75) is 25.1 Å². The van der Waals surface area contributed by atoms with Crippen LogP contribution in [0.5, 0.6) is 5.75 Å². The number of carbonyl (C=O) groups excluding carboxylic acids is 2. The van der Waals surface area contributed by atoms with Crippen LogP contribution in [-0.2, 0) is 16.1 Å². The van der Waals surface area contributed by atoms with Crippen molar-refractivity contribution >= 4 is 40.1 Å². The summed E-state index contributed by atoms with van der Waals surface area (Å²) >= 11 is 1.17. The lowest BCUT2D eigenvalue weighted by Crippen LogP contribution is -2.28. The number of benzene rings is 2. The fourth-order valence-corrected chi connectivity index (χ4v) is 3.70. The van der Waals surface area contributed by atoms with Gasteiger partial charge in [0, 0.05) is 6.42 Å². The normalized spacial score (nSPS) is 16.9. The van der Waals surface area contributed by atoms with Gasteiger partial charge in [-0.05, 0) is 24.6 Å². The number of rotatable bonds is 7. The summed E-state index contributed by atoms with van der Waals surface area (Å²) in [6.07, 6.45) is -0.136. The lowest BCUT2D eigenvalue weighted by Gasteiger charge is -2.09. The predicted molar refractivity (Wildman–Crippen MR) is 115 cm³/mol. The molecule has 156 valence electrons. The van der Waals surface area contributed by atoms with E-state index >= 15 is 0 Å². The Hall–Kier alpha value is -3.40. The quantitative estimate of drug-likeness (QED) is 0.516. The number of nitrogens with one attached hydrogen (secondary N) is 2. The van der Waals surface area contributed by atoms with E-state index in [1.807, 2.05) is 31.2 Å². The fourth-order valence-electron chi connectivity index (χ4n) is 2.74. The number of nitro groups is 1. The number of hydrogen-bond donors (Lipinski definition) is 2. The zero-order chi connectivity index (χ0) is 21.7. The zero-order valence-corrected chi connectivity index (χ0v) is 17.2. The molecule has 1 unspecified atom stereocenters. The van der Waals surface area contributed by atoms with Gasteiger partial charge < -0.3 is 15.4 Å². The lowest BCUT2D eigenvalue weighted by atomic mass is 10.1. The Kier molecular flexibility index (Phi) is 6.68. The molecule has 0 aromatic heterocycles. The summed E-state index contributed by atoms with van der Waals surface area (Å²) in [5.41, 5.74) is 1.92. The van der Waals surface area contributed by atoms with Crippen LogP contribution >= 0.6 is 11.8 Å². The van der Waals surface area contributed by atoms with Crippen LogP contribution in [0, 0.1) is 17.0 Å². The topological polar surface area (TPSA) is 123 Å². The fraction of sp³-hybridized carbons (Fsp3) is 0.250. The lowest BCUT2D eigenvalue weighted by molar-refractivity contribution is -0.384. The molecule has 0 bridgehead atoms. The number of amides is 2. The molecule has 0 saturated carbocycles. The zero-order valence-electron chi connectivity index (χ0n) is 16.4. The number of nitrogens with zero attached hydrogens (tertiary/aromatic N) is 2. The first-order valence-corrected chi connectivity index (χ1v) is 9.93. The van der Waals surface area contributed by atoms with Gasteiger partial charge in [-0.3, -0.25) is 24.7 Å². The van der Waals surface area contributed by atoms with E-state index in [9.17, 15) is 19.7 Å². The summed E-state index contributed by atoms with van der Waals surface area (Å²) in [6, 6.07) is 12.0. The Morgan fingerprint density at radius 1 is 1.30 bits per heavy atom. The van der Waals surface area contributed by atoms with Crippen molar-refractivity contribution in [2.24, 2.45) is 4.99 Å². The summed E-state index contributed by atoms with van der Waals surface area (Å²) in [7, 11) is 1.39. The van der Waals surface area contributed by atoms with E-state index in [0.717, 1.165) is 11.1 Å². The van der Waals surface area contributed by atoms with Gasteiger partial charge in [0.25, 0.3) is 5.69 Å². The van der Waals surface area contributed by atoms with E-state index in [0.29, 0.717) is 17.5 Å². The van der Waals surface area contributed by atoms with Gasteiger partial charge >= 0.3 is 0 Å². The summed E-state index contributed by atoms with van der Waals surface area (Å²) in [5.74, 6) is -0.516. The predicted octanol–water partition coefficient (Wildman–Crippen LogP) is 3.03. The first-order valence-electron chi connectivity index (χ1n) is 9.05. The molecule has 0 radical (unpaired) electrons. The van der Waals surface area contributed by atoms with Crippen molar-refractivity contribution in [1.82, 2.24) is 5.32 Å². The van der Waals surface area contributed by atoms with Gasteiger partial charge in [-0.25, -0.2) is 0 Å². The third-order valence-corrected chi connectivity index (χ3v) is 5.47. The summed E-state index contributed by atoms with van der Waals surface area (Å²) in [5, 5.41) is 16.2. The molecular weight excluding hydrogens is 408 g/mol. The summed E-state index contributed by atoms with van der Waals surface area (Å²) in [4.78, 5) is 39.5. The highest BCUT2D eigenvalue weighted by atomic mass is 32.2. The molecule has 1 atom stereocenters. The largest absolute Gasteiger partial charge is 0.496 e. The average molecular weight is 428 g/mol. The van der Waals surface area contributed by atoms with Crippen molar-refractivity contribution in [3.8, 4) is 5.75 Å². The smallest absolute Gasteiger partial charge is 0.296 e. The Morgan fingerprint density at radius 2 is 2.03 bits per heavy atom. The molecular formula is C20H20N4O5S. The van der Waals surface area contributed by atoms with E-state index in [1.165, 1.54) is 37.1 Å². The SMILES string of the molecule is COc1ccc(NC(=O)CC2SC(=NCc3ccc(C)cc3)NC2=O)c([N+](=O)[O-])c1. The second-order valence-corrected chi connectivity index (χ2v) is 7.79. The van der Waals surface area contributed by atoms with Gasteiger partial charge in [0.15, 0.2) is 5.17 Å². The molecule has 1 fully saturated rings. The number of aryl methyl sites for hydroxylation is 1. The van der Waals surface area contributed by atoms with E-state index in [1.54, 1.807) is 0 Å². The number of nitro benzene ring substituents is 1. The van der Waals surface area contributed by atoms with E-state index in [-0.39, 0.29) is 23.7 Å². The monoisotopic (exact) mass is 428 g/mol. The van der Waals surface area contributed by atoms with E-state index in [4.69, 9.17) is 4.74 Å². The maximum absolute atomic E-state index is 12.4. The number of anilines is 1. The highest BCUT2D eigenvalue weighted by Crippen LogP contribution is 2.30. The minimum Gasteiger partial charge on any atom is -0.496 e. The summed E-state index contributed by atoms with van der Waals surface area (Å²) < 4.78 is 4.97. The van der Waals surface area contributed by atoms with E-state index < -0.39 is 16.1 Å². The van der Waals surface area contributed by atoms with Crippen LogP contribution in [-0.4, -0.2) is 34.3 Å². The molecule has 1 aliphatic heterocycles. The minimum absolute atomic E-state index is 0.0440. The number of carbonyl (C=O) groups is 2. The summed E-state index contributed by atoms with van der Waals surface area (Å²) in [6.45, 7) is 2.42. The molecule has 2 amide bonds. The number of thioether (sulfide) groups is 1. The van der Waals surface area contributed by atoms with Crippen LogP contribution in [0.15, 0.2) is 47.5 Å². The van der Waals surface area contributed by atoms with Gasteiger partial charge in [-0.2, -0.15) is 0 Å². The average Bonchev–Trinajstić information content (AvgIpc) is 3.06. The Morgan fingerprint density at radius 3 is 2.70 bits per heavy atom. The van der Waals surface area contributed by atoms with Crippen LogP contribution in [0.1, 0.15) is 17.5 Å². The number of ether oxygens (including phenoxy) is 1. The maximum Gasteiger partial charge on any atom is 0.296 e. The van der Waals surface area contributed by atoms with Crippen LogP contribution in [0.3, 0.4) is 0 Å². The highest BCUT2D eigenvalue weighted by Gasteiger charge is 2.32. The third-order valence-electron chi connectivity index (χ3n) is 4.35. The van der Waals surface area contributed by atoms with Gasteiger partial charge in [0.05, 0.1) is 24.6 Å². The Bertz CT molecular complexity index is 1010. The third kappa shape index (κ3) is 5.35. The molecule has 3 rings (SSSR count). The molecule has 2 aromatic carbocycles. The van der Waals surface area contributed by atoms with Gasteiger partial charge in [-0.15, -0.1) is 0 Å². The molecule has 0 aliphatic carbocycles. The van der Waals surface area contributed by atoms with Crippen LogP contribution in [0.25, 0.3) is 0 Å². The van der Waals surface area contributed by atoms with Crippen LogP contribution < -0.4 is 15.4 Å². The first-order chi connectivity index (χ1) is 14.4. The van der Waals surface area contributed by atoms with Crippen molar-refractivity contribution in [3.05, 3.63) is 63.7 Å². The molecule has 10 heteroatoms. The minimum atomic E-state index is -0.654. The van der Waals surface area contributed by atoms with Crippen LogP contribution in [0.4, 0.5) is 11.4 Å². The molecule has 2 N–H and O–H groups in total. The van der Waals surface area contributed by atoms with Crippen molar-refractivity contribution in [3.63, 3.8) is 0 Å². The second-order valence-electron chi connectivity index (χ2n) is 6.60. The highest BCUT2D eigenvalue weighted by molar-refractivity contribution is 8.15. The van der Waals surface area contributed by atoms with E-state index in [2.05, 4.69) is 15.6 Å². The number of aliphatic imine (C=N–C) groups is 1. The Balaban J connectivity index is 1.60. The number of hydrogen-bond acceptors (Lipinski definition) is 7. The molecule has 1 saturated heterocycles. The second kappa shape index (κ2) is 9.40.